The maximum atomic E-state index is 5.37. The van der Waals surface area contributed by atoms with Crippen molar-refractivity contribution in [3.8, 4) is 0 Å². The maximum Gasteiger partial charge on any atom is 0.104 e. The van der Waals surface area contributed by atoms with Crippen molar-refractivity contribution in [2.24, 2.45) is 0 Å². The first kappa shape index (κ1) is 11.9. The van der Waals surface area contributed by atoms with Gasteiger partial charge >= 0.3 is 0 Å². The van der Waals surface area contributed by atoms with Gasteiger partial charge in [-0.05, 0) is 6.42 Å². The fraction of sp³-hybridized carbons (Fsp3) is 1.00. The quantitative estimate of drug-likeness (QED) is 0.524. The van der Waals surface area contributed by atoms with Gasteiger partial charge in [-0.3, -0.25) is 0 Å². The van der Waals surface area contributed by atoms with E-state index in [9.17, 15) is 0 Å². The lowest BCUT2D eigenvalue weighted by molar-refractivity contribution is -0.0306. The van der Waals surface area contributed by atoms with Crippen molar-refractivity contribution in [2.45, 2.75) is 25.9 Å². The van der Waals surface area contributed by atoms with Crippen molar-refractivity contribution >= 4 is 0 Å². The standard InChI is InChI=1S/C9H20O3/c1-4-5-6-12-8-9(11-3)7-10-2/h9H,4-8H2,1-3H3/t9-/m1/s1. The molecule has 0 unspecified atom stereocenters. The molecule has 1 atom stereocenters. The highest BCUT2D eigenvalue weighted by molar-refractivity contribution is 4.52. The molecule has 0 aliphatic carbocycles. The summed E-state index contributed by atoms with van der Waals surface area (Å²) in [5, 5.41) is 0. The van der Waals surface area contributed by atoms with Crippen LogP contribution in [0.4, 0.5) is 0 Å². The third-order valence-electron chi connectivity index (χ3n) is 1.63. The normalized spacial score (nSPS) is 13.2. The summed E-state index contributed by atoms with van der Waals surface area (Å²) in [6, 6.07) is 0. The summed E-state index contributed by atoms with van der Waals surface area (Å²) in [7, 11) is 3.34. The second kappa shape index (κ2) is 8.97. The van der Waals surface area contributed by atoms with E-state index in [4.69, 9.17) is 14.2 Å². The van der Waals surface area contributed by atoms with Crippen LogP contribution in [0.25, 0.3) is 0 Å². The van der Waals surface area contributed by atoms with Gasteiger partial charge in [0.05, 0.1) is 13.2 Å². The molecule has 74 valence electrons. The molecule has 0 amide bonds. The van der Waals surface area contributed by atoms with E-state index in [-0.39, 0.29) is 6.10 Å². The topological polar surface area (TPSA) is 27.7 Å². The van der Waals surface area contributed by atoms with Crippen LogP contribution in [0.5, 0.6) is 0 Å². The molecule has 0 saturated carbocycles. The van der Waals surface area contributed by atoms with Gasteiger partial charge < -0.3 is 14.2 Å². The average Bonchev–Trinajstić information content (AvgIpc) is 2.10. The van der Waals surface area contributed by atoms with Crippen molar-refractivity contribution in [3.05, 3.63) is 0 Å². The van der Waals surface area contributed by atoms with Crippen LogP contribution in [0, 0.1) is 0 Å². The Morgan fingerprint density at radius 3 is 2.42 bits per heavy atom. The fourth-order valence-electron chi connectivity index (χ4n) is 0.831. The smallest absolute Gasteiger partial charge is 0.104 e. The van der Waals surface area contributed by atoms with E-state index in [2.05, 4.69) is 6.92 Å². The molecule has 0 radical (unpaired) electrons. The number of hydrogen-bond donors (Lipinski definition) is 0. The van der Waals surface area contributed by atoms with Crippen LogP contribution in [-0.2, 0) is 14.2 Å². The minimum atomic E-state index is 0.0758. The Morgan fingerprint density at radius 2 is 1.92 bits per heavy atom. The Kier molecular flexibility index (Phi) is 8.88. The van der Waals surface area contributed by atoms with Crippen molar-refractivity contribution in [1.29, 1.82) is 0 Å². The fourth-order valence-corrected chi connectivity index (χ4v) is 0.831. The number of rotatable bonds is 8. The van der Waals surface area contributed by atoms with Crippen LogP contribution in [0.2, 0.25) is 0 Å². The van der Waals surface area contributed by atoms with E-state index in [1.165, 1.54) is 6.42 Å². The molecule has 0 aliphatic heterocycles. The molecule has 3 nitrogen and oxygen atoms in total. The second-order valence-corrected chi connectivity index (χ2v) is 2.74. The van der Waals surface area contributed by atoms with Crippen molar-refractivity contribution in [1.82, 2.24) is 0 Å². The maximum absolute atomic E-state index is 5.37. The van der Waals surface area contributed by atoms with Gasteiger partial charge in [-0.25, -0.2) is 0 Å². The zero-order chi connectivity index (χ0) is 9.23. The first-order chi connectivity index (χ1) is 5.85. The van der Waals surface area contributed by atoms with Gasteiger partial charge in [-0.1, -0.05) is 13.3 Å². The third-order valence-corrected chi connectivity index (χ3v) is 1.63. The van der Waals surface area contributed by atoms with E-state index >= 15 is 0 Å². The molecule has 12 heavy (non-hydrogen) atoms. The predicted molar refractivity (Wildman–Crippen MR) is 48.4 cm³/mol. The highest BCUT2D eigenvalue weighted by Crippen LogP contribution is 1.94. The van der Waals surface area contributed by atoms with Crippen molar-refractivity contribution in [3.63, 3.8) is 0 Å². The lowest BCUT2D eigenvalue weighted by Gasteiger charge is -2.13. The van der Waals surface area contributed by atoms with Gasteiger partial charge in [0, 0.05) is 20.8 Å². The highest BCUT2D eigenvalue weighted by atomic mass is 16.5. The third kappa shape index (κ3) is 6.58. The van der Waals surface area contributed by atoms with Crippen LogP contribution < -0.4 is 0 Å². The van der Waals surface area contributed by atoms with Crippen LogP contribution >= 0.6 is 0 Å². The molecule has 0 heterocycles. The monoisotopic (exact) mass is 176 g/mol. The summed E-state index contributed by atoms with van der Waals surface area (Å²) in [5.74, 6) is 0. The molecule has 0 rings (SSSR count). The molecule has 0 spiro atoms. The molecule has 0 aromatic rings. The summed E-state index contributed by atoms with van der Waals surface area (Å²) >= 11 is 0. The van der Waals surface area contributed by atoms with E-state index in [0.29, 0.717) is 13.2 Å². The zero-order valence-corrected chi connectivity index (χ0v) is 8.34. The zero-order valence-electron chi connectivity index (χ0n) is 8.34. The first-order valence-corrected chi connectivity index (χ1v) is 4.44. The summed E-state index contributed by atoms with van der Waals surface area (Å²) in [4.78, 5) is 0. The molecule has 0 N–H and O–H groups in total. The molecule has 0 saturated heterocycles. The van der Waals surface area contributed by atoms with E-state index in [0.717, 1.165) is 13.0 Å². The predicted octanol–water partition coefficient (Wildman–Crippen LogP) is 1.46. The number of hydrogen-bond acceptors (Lipinski definition) is 3. The van der Waals surface area contributed by atoms with Crippen LogP contribution in [0.15, 0.2) is 0 Å². The molecule has 0 fully saturated rings. The summed E-state index contributed by atoms with van der Waals surface area (Å²) in [5.41, 5.74) is 0. The lowest BCUT2D eigenvalue weighted by atomic mass is 10.3. The summed E-state index contributed by atoms with van der Waals surface area (Å²) in [6.45, 7) is 4.19. The van der Waals surface area contributed by atoms with Gasteiger partial charge in [0.25, 0.3) is 0 Å². The van der Waals surface area contributed by atoms with E-state index in [1.807, 2.05) is 0 Å². The minimum Gasteiger partial charge on any atom is -0.382 e. The minimum absolute atomic E-state index is 0.0758. The van der Waals surface area contributed by atoms with Crippen molar-refractivity contribution < 1.29 is 14.2 Å². The van der Waals surface area contributed by atoms with Gasteiger partial charge in [0.2, 0.25) is 0 Å². The Hall–Kier alpha value is -0.120. The molecule has 3 heteroatoms. The Bertz CT molecular complexity index is 85.8. The van der Waals surface area contributed by atoms with Crippen LogP contribution in [-0.4, -0.2) is 40.1 Å². The Balaban J connectivity index is 3.19. The molecule has 0 bridgehead atoms. The van der Waals surface area contributed by atoms with Gasteiger partial charge in [0.1, 0.15) is 6.10 Å². The van der Waals surface area contributed by atoms with E-state index < -0.39 is 0 Å². The molecule has 0 aliphatic rings. The molecular formula is C9H20O3. The number of ether oxygens (including phenoxy) is 3. The molecular weight excluding hydrogens is 156 g/mol. The van der Waals surface area contributed by atoms with Crippen LogP contribution in [0.1, 0.15) is 19.8 Å². The average molecular weight is 176 g/mol. The van der Waals surface area contributed by atoms with Crippen LogP contribution in [0.3, 0.4) is 0 Å². The SMILES string of the molecule is CCCCOC[C@@H](COC)OC. The number of unbranched alkanes of at least 4 members (excludes halogenated alkanes) is 1. The van der Waals surface area contributed by atoms with E-state index in [1.54, 1.807) is 14.2 Å². The van der Waals surface area contributed by atoms with Gasteiger partial charge in [-0.15, -0.1) is 0 Å². The second-order valence-electron chi connectivity index (χ2n) is 2.74. The van der Waals surface area contributed by atoms with Gasteiger partial charge in [0.15, 0.2) is 0 Å². The summed E-state index contributed by atoms with van der Waals surface area (Å²) < 4.78 is 15.4. The summed E-state index contributed by atoms with van der Waals surface area (Å²) in [6.07, 6.45) is 2.36. The largest absolute Gasteiger partial charge is 0.382 e. The Labute approximate surface area is 75.0 Å². The lowest BCUT2D eigenvalue weighted by Crippen LogP contribution is -2.23. The Morgan fingerprint density at radius 1 is 1.17 bits per heavy atom. The molecule has 0 aromatic heterocycles. The first-order valence-electron chi connectivity index (χ1n) is 4.44. The van der Waals surface area contributed by atoms with Crippen molar-refractivity contribution in [2.75, 3.05) is 34.0 Å². The number of methoxy groups -OCH3 is 2. The highest BCUT2D eigenvalue weighted by Gasteiger charge is 2.05. The molecule has 0 aromatic carbocycles. The van der Waals surface area contributed by atoms with Gasteiger partial charge in [-0.2, -0.15) is 0 Å².